The van der Waals surface area contributed by atoms with E-state index in [-0.39, 0.29) is 0 Å². The number of nitrogens with one attached hydrogen (secondary N) is 1. The van der Waals surface area contributed by atoms with Gasteiger partial charge in [0, 0.05) is 0 Å². The standard InChI is InChI=1S/C3H6Cl2NO4P/c4-2(5)3(7)6-1-11(8,9)10/h2H,1H2,(H,6,7)(H2,8,9,10). The van der Waals surface area contributed by atoms with E-state index < -0.39 is 24.6 Å². The number of halogens is 2. The smallest absolute Gasteiger partial charge is 0.342 e. The zero-order valence-corrected chi connectivity index (χ0v) is 7.60. The Balaban J connectivity index is 3.73. The first-order valence-electron chi connectivity index (χ1n) is 2.43. The Bertz CT molecular complexity index is 190. The molecular weight excluding hydrogens is 216 g/mol. The number of amides is 1. The van der Waals surface area contributed by atoms with Gasteiger partial charge in [0.05, 0.1) is 0 Å². The zero-order chi connectivity index (χ0) is 9.07. The van der Waals surface area contributed by atoms with Gasteiger partial charge >= 0.3 is 7.60 Å². The van der Waals surface area contributed by atoms with Crippen molar-refractivity contribution in [2.45, 2.75) is 4.84 Å². The Kier molecular flexibility index (Phi) is 4.36. The average Bonchev–Trinajstić information content (AvgIpc) is 1.80. The van der Waals surface area contributed by atoms with Crippen molar-refractivity contribution in [2.75, 3.05) is 6.29 Å². The highest BCUT2D eigenvalue weighted by molar-refractivity contribution is 7.51. The predicted molar refractivity (Wildman–Crippen MR) is 40.5 cm³/mol. The van der Waals surface area contributed by atoms with Crippen LogP contribution in [0.3, 0.4) is 0 Å². The molecule has 0 aliphatic heterocycles. The van der Waals surface area contributed by atoms with E-state index >= 15 is 0 Å². The molecule has 0 aromatic heterocycles. The van der Waals surface area contributed by atoms with E-state index in [1.165, 1.54) is 0 Å². The maximum absolute atomic E-state index is 10.5. The van der Waals surface area contributed by atoms with Crippen LogP contribution in [0, 0.1) is 0 Å². The topological polar surface area (TPSA) is 86.6 Å². The highest BCUT2D eigenvalue weighted by Gasteiger charge is 2.17. The summed E-state index contributed by atoms with van der Waals surface area (Å²) in [5.74, 6) is -0.823. The van der Waals surface area contributed by atoms with E-state index in [0.29, 0.717) is 0 Å². The highest BCUT2D eigenvalue weighted by atomic mass is 35.5. The van der Waals surface area contributed by atoms with Crippen LogP contribution >= 0.6 is 30.8 Å². The maximum atomic E-state index is 10.5. The third-order valence-electron chi connectivity index (χ3n) is 0.657. The molecule has 0 fully saturated rings. The lowest BCUT2D eigenvalue weighted by Crippen LogP contribution is -2.29. The van der Waals surface area contributed by atoms with Gasteiger partial charge in [0.2, 0.25) is 0 Å². The first-order chi connectivity index (χ1) is 4.83. The van der Waals surface area contributed by atoms with Crippen LogP contribution in [0.25, 0.3) is 0 Å². The molecule has 0 atom stereocenters. The molecule has 0 spiro atoms. The molecule has 3 N–H and O–H groups in total. The second-order valence-electron chi connectivity index (χ2n) is 1.66. The van der Waals surface area contributed by atoms with E-state index in [9.17, 15) is 9.36 Å². The van der Waals surface area contributed by atoms with Gasteiger partial charge in [-0.1, -0.05) is 23.2 Å². The number of alkyl halides is 2. The average molecular weight is 222 g/mol. The van der Waals surface area contributed by atoms with Crippen LogP contribution in [0.2, 0.25) is 0 Å². The minimum absolute atomic E-state index is 0.748. The molecule has 0 aromatic carbocycles. The third kappa shape index (κ3) is 6.59. The van der Waals surface area contributed by atoms with Gasteiger partial charge in [-0.05, 0) is 0 Å². The van der Waals surface area contributed by atoms with Crippen LogP contribution in [-0.2, 0) is 9.36 Å². The van der Waals surface area contributed by atoms with Gasteiger partial charge in [0.25, 0.3) is 5.91 Å². The van der Waals surface area contributed by atoms with Gasteiger partial charge in [-0.25, -0.2) is 0 Å². The number of rotatable bonds is 3. The third-order valence-corrected chi connectivity index (χ3v) is 1.62. The fraction of sp³-hybridized carbons (Fsp3) is 0.667. The molecule has 0 aromatic rings. The summed E-state index contributed by atoms with van der Waals surface area (Å²) in [6.45, 7) is 0. The minimum Gasteiger partial charge on any atom is -0.342 e. The van der Waals surface area contributed by atoms with Crippen molar-refractivity contribution < 1.29 is 19.1 Å². The first kappa shape index (κ1) is 11.2. The summed E-state index contributed by atoms with van der Waals surface area (Å²) in [5.41, 5.74) is 0. The summed E-state index contributed by atoms with van der Waals surface area (Å²) >= 11 is 10.1. The Morgan fingerprint density at radius 2 is 2.00 bits per heavy atom. The largest absolute Gasteiger partial charge is 0.344 e. The molecule has 0 rings (SSSR count). The number of carbonyl (C=O) groups excluding carboxylic acids is 1. The van der Waals surface area contributed by atoms with Crippen molar-refractivity contribution >= 4 is 36.7 Å². The Hall–Kier alpha value is 0.200. The summed E-state index contributed by atoms with van der Waals surface area (Å²) in [5, 5.41) is 1.86. The molecular formula is C3H6Cl2NO4P. The van der Waals surface area contributed by atoms with Gasteiger partial charge in [0.15, 0.2) is 4.84 Å². The van der Waals surface area contributed by atoms with Crippen molar-refractivity contribution in [3.63, 3.8) is 0 Å². The van der Waals surface area contributed by atoms with Crippen LogP contribution in [0.5, 0.6) is 0 Å². The Morgan fingerprint density at radius 1 is 1.55 bits per heavy atom. The lowest BCUT2D eigenvalue weighted by molar-refractivity contribution is -0.119. The molecule has 8 heteroatoms. The molecule has 0 aliphatic carbocycles. The summed E-state index contributed by atoms with van der Waals surface area (Å²) in [6, 6.07) is 0. The summed E-state index contributed by atoms with van der Waals surface area (Å²) in [6.07, 6.45) is -0.748. The Labute approximate surface area is 72.8 Å². The van der Waals surface area contributed by atoms with Crippen LogP contribution < -0.4 is 5.32 Å². The van der Waals surface area contributed by atoms with Gasteiger partial charge in [-0.15, -0.1) is 0 Å². The van der Waals surface area contributed by atoms with Gasteiger partial charge < -0.3 is 15.1 Å². The number of hydrogen-bond acceptors (Lipinski definition) is 2. The van der Waals surface area contributed by atoms with Crippen molar-refractivity contribution in [1.29, 1.82) is 0 Å². The minimum atomic E-state index is -4.21. The van der Waals surface area contributed by atoms with Crippen molar-refractivity contribution in [2.24, 2.45) is 0 Å². The van der Waals surface area contributed by atoms with E-state index in [2.05, 4.69) is 0 Å². The van der Waals surface area contributed by atoms with Crippen molar-refractivity contribution in [3.05, 3.63) is 0 Å². The molecule has 0 radical (unpaired) electrons. The van der Waals surface area contributed by atoms with Crippen LogP contribution in [0.1, 0.15) is 0 Å². The van der Waals surface area contributed by atoms with E-state index in [1.807, 2.05) is 5.32 Å². The second kappa shape index (κ2) is 4.28. The fourth-order valence-electron chi connectivity index (χ4n) is 0.258. The highest BCUT2D eigenvalue weighted by Crippen LogP contribution is 2.31. The number of carbonyl (C=O) groups is 1. The molecule has 0 aliphatic rings. The SMILES string of the molecule is O=C(NCP(=O)(O)O)C(Cl)Cl. The Morgan fingerprint density at radius 3 is 2.27 bits per heavy atom. The van der Waals surface area contributed by atoms with Gasteiger partial charge in [0.1, 0.15) is 6.29 Å². The second-order valence-corrected chi connectivity index (χ2v) is 4.41. The molecule has 66 valence electrons. The molecule has 5 nitrogen and oxygen atoms in total. The molecule has 0 saturated carbocycles. The van der Waals surface area contributed by atoms with E-state index in [0.717, 1.165) is 0 Å². The van der Waals surface area contributed by atoms with Gasteiger partial charge in [-0.2, -0.15) is 0 Å². The zero-order valence-electron chi connectivity index (χ0n) is 5.20. The predicted octanol–water partition coefficient (Wildman–Crippen LogP) is 0.0415. The normalized spacial score (nSPS) is 11.7. The van der Waals surface area contributed by atoms with Crippen LogP contribution in [0.15, 0.2) is 0 Å². The molecule has 11 heavy (non-hydrogen) atoms. The summed E-state index contributed by atoms with van der Waals surface area (Å²) < 4.78 is 10.2. The van der Waals surface area contributed by atoms with Crippen LogP contribution in [-0.4, -0.2) is 26.8 Å². The monoisotopic (exact) mass is 221 g/mol. The number of hydrogen-bond donors (Lipinski definition) is 3. The van der Waals surface area contributed by atoms with E-state index in [4.69, 9.17) is 33.0 Å². The first-order valence-corrected chi connectivity index (χ1v) is 5.10. The summed E-state index contributed by atoms with van der Waals surface area (Å²) in [4.78, 5) is 25.7. The summed E-state index contributed by atoms with van der Waals surface area (Å²) in [7, 11) is -4.21. The van der Waals surface area contributed by atoms with Crippen LogP contribution in [0.4, 0.5) is 0 Å². The lowest BCUT2D eigenvalue weighted by atomic mass is 10.7. The lowest BCUT2D eigenvalue weighted by Gasteiger charge is -2.05. The maximum Gasteiger partial charge on any atom is 0.344 e. The molecule has 1 amide bonds. The van der Waals surface area contributed by atoms with E-state index in [1.54, 1.807) is 0 Å². The van der Waals surface area contributed by atoms with Crippen molar-refractivity contribution in [1.82, 2.24) is 5.32 Å². The molecule has 0 unspecified atom stereocenters. The molecule has 0 saturated heterocycles. The van der Waals surface area contributed by atoms with Gasteiger partial charge in [-0.3, -0.25) is 9.36 Å². The fourth-order valence-corrected chi connectivity index (χ4v) is 0.774. The quantitative estimate of drug-likeness (QED) is 0.464. The van der Waals surface area contributed by atoms with Crippen molar-refractivity contribution in [3.8, 4) is 0 Å². The molecule has 0 bridgehead atoms. The molecule has 0 heterocycles.